The first-order chi connectivity index (χ1) is 13.7. The first kappa shape index (κ1) is 21.5. The number of sulfonamides is 1. The van der Waals surface area contributed by atoms with Gasteiger partial charge in [0.25, 0.3) is 11.7 Å². The molecule has 1 aromatic heterocycles. The third-order valence-electron chi connectivity index (χ3n) is 4.46. The van der Waals surface area contributed by atoms with Crippen molar-refractivity contribution in [3.8, 4) is 5.75 Å². The molecule has 1 fully saturated rings. The highest BCUT2D eigenvalue weighted by Gasteiger charge is 2.33. The molecule has 0 atom stereocenters. The van der Waals surface area contributed by atoms with Crippen molar-refractivity contribution in [1.82, 2.24) is 14.2 Å². The lowest BCUT2D eigenvalue weighted by atomic mass is 10.2. The van der Waals surface area contributed by atoms with Gasteiger partial charge in [0, 0.05) is 32.4 Å². The van der Waals surface area contributed by atoms with Crippen LogP contribution in [0, 0.1) is 6.92 Å². The molecule has 3 rings (SSSR count). The molecule has 2 aromatic rings. The van der Waals surface area contributed by atoms with E-state index in [9.17, 15) is 27.1 Å². The quantitative estimate of drug-likeness (QED) is 0.715. The smallest absolute Gasteiger partial charge is 0.290 e. The van der Waals surface area contributed by atoms with Gasteiger partial charge < -0.3 is 10.0 Å². The van der Waals surface area contributed by atoms with Gasteiger partial charge in [-0.05, 0) is 48.5 Å². The van der Waals surface area contributed by atoms with Gasteiger partial charge in [-0.15, -0.1) is 0 Å². The average Bonchev–Trinajstić information content (AvgIpc) is 2.69. The molecule has 1 saturated heterocycles. The van der Waals surface area contributed by atoms with Crippen molar-refractivity contribution in [1.29, 1.82) is 0 Å². The van der Waals surface area contributed by atoms with Crippen LogP contribution in [0.3, 0.4) is 0 Å². The molecule has 156 valence electrons. The number of carbonyl (C=O) groups excluding carboxylic acids is 1. The number of piperazine rings is 1. The predicted molar refractivity (Wildman–Crippen MR) is 104 cm³/mol. The maximum atomic E-state index is 12.8. The van der Waals surface area contributed by atoms with E-state index in [0.29, 0.717) is 5.56 Å². The summed E-state index contributed by atoms with van der Waals surface area (Å²) in [6.45, 7) is 1.96. The fraction of sp³-hybridized carbons (Fsp3) is 0.333. The topological polar surface area (TPSA) is 90.8 Å². The van der Waals surface area contributed by atoms with Crippen LogP contribution in [0.15, 0.2) is 46.5 Å². The van der Waals surface area contributed by atoms with E-state index < -0.39 is 21.7 Å². The number of aryl methyl sites for hydroxylation is 1. The van der Waals surface area contributed by atoms with Crippen molar-refractivity contribution in [2.24, 2.45) is 0 Å². The zero-order valence-electron chi connectivity index (χ0n) is 15.5. The summed E-state index contributed by atoms with van der Waals surface area (Å²) in [4.78, 5) is 17.8. The van der Waals surface area contributed by atoms with Gasteiger partial charge in [0.05, 0.1) is 5.56 Å². The Kier molecular flexibility index (Phi) is 6.39. The number of hydrogen-bond acceptors (Lipinski definition) is 6. The summed E-state index contributed by atoms with van der Waals surface area (Å²) in [5.74, 6) is -3.52. The zero-order chi connectivity index (χ0) is 21.2. The molecule has 0 bridgehead atoms. The minimum atomic E-state index is -3.92. The standard InChI is InChI=1S/C18H19F2N3O4S2/c1-12-4-5-14(24)15(11-12)29(26,27)23-9-7-22(8-10-23)17(25)13-3-2-6-21-16(13)28-18(19)20/h2-6,11,18,24H,7-10H2,1H3. The molecule has 1 N–H and O–H groups in total. The first-order valence-electron chi connectivity index (χ1n) is 8.69. The van der Waals surface area contributed by atoms with Gasteiger partial charge in [-0.1, -0.05) is 6.07 Å². The van der Waals surface area contributed by atoms with Crippen molar-refractivity contribution in [2.75, 3.05) is 26.2 Å². The second kappa shape index (κ2) is 8.64. The van der Waals surface area contributed by atoms with Crippen LogP contribution in [0.25, 0.3) is 0 Å². The molecule has 0 unspecified atom stereocenters. The summed E-state index contributed by atoms with van der Waals surface area (Å²) in [6.07, 6.45) is 1.33. The van der Waals surface area contributed by atoms with Crippen molar-refractivity contribution in [3.63, 3.8) is 0 Å². The van der Waals surface area contributed by atoms with Crippen molar-refractivity contribution in [3.05, 3.63) is 47.7 Å². The van der Waals surface area contributed by atoms with Crippen LogP contribution in [0.4, 0.5) is 8.78 Å². The molecule has 1 aromatic carbocycles. The van der Waals surface area contributed by atoms with Crippen LogP contribution in [-0.4, -0.2) is 65.6 Å². The van der Waals surface area contributed by atoms with Crippen LogP contribution in [0.2, 0.25) is 0 Å². The Morgan fingerprint density at radius 1 is 1.21 bits per heavy atom. The number of phenolic OH excluding ortho intramolecular Hbond substituents is 1. The second-order valence-electron chi connectivity index (χ2n) is 6.40. The van der Waals surface area contributed by atoms with Crippen LogP contribution in [-0.2, 0) is 10.0 Å². The Bertz CT molecular complexity index is 1010. The van der Waals surface area contributed by atoms with Gasteiger partial charge in [-0.25, -0.2) is 13.4 Å². The number of carbonyl (C=O) groups is 1. The number of alkyl halides is 2. The first-order valence-corrected chi connectivity index (χ1v) is 11.0. The molecular formula is C18H19F2N3O4S2. The molecule has 2 heterocycles. The normalized spacial score (nSPS) is 15.7. The fourth-order valence-electron chi connectivity index (χ4n) is 3.00. The Morgan fingerprint density at radius 3 is 2.55 bits per heavy atom. The Morgan fingerprint density at radius 2 is 1.90 bits per heavy atom. The number of aromatic hydroxyl groups is 1. The number of thioether (sulfide) groups is 1. The van der Waals surface area contributed by atoms with E-state index in [4.69, 9.17) is 0 Å². The monoisotopic (exact) mass is 443 g/mol. The molecule has 0 aliphatic carbocycles. The molecule has 0 radical (unpaired) electrons. The number of nitrogens with zero attached hydrogens (tertiary/aromatic N) is 3. The number of pyridine rings is 1. The van der Waals surface area contributed by atoms with E-state index in [0.717, 1.165) is 0 Å². The SMILES string of the molecule is Cc1ccc(O)c(S(=O)(=O)N2CCN(C(=O)c3cccnc3SC(F)F)CC2)c1. The van der Waals surface area contributed by atoms with Gasteiger partial charge in [-0.2, -0.15) is 13.1 Å². The molecule has 29 heavy (non-hydrogen) atoms. The molecule has 1 aliphatic heterocycles. The largest absolute Gasteiger partial charge is 0.507 e. The number of aromatic nitrogens is 1. The third kappa shape index (κ3) is 4.68. The van der Waals surface area contributed by atoms with Crippen LogP contribution in [0.1, 0.15) is 15.9 Å². The Hall–Kier alpha value is -2.24. The highest BCUT2D eigenvalue weighted by Crippen LogP contribution is 2.29. The van der Waals surface area contributed by atoms with E-state index in [1.807, 2.05) is 0 Å². The molecule has 7 nitrogen and oxygen atoms in total. The maximum absolute atomic E-state index is 12.8. The van der Waals surface area contributed by atoms with Gasteiger partial charge >= 0.3 is 0 Å². The summed E-state index contributed by atoms with van der Waals surface area (Å²) >= 11 is 0.196. The second-order valence-corrected chi connectivity index (χ2v) is 9.29. The van der Waals surface area contributed by atoms with E-state index in [1.165, 1.54) is 39.7 Å². The molecule has 1 amide bonds. The number of amides is 1. The van der Waals surface area contributed by atoms with E-state index in [-0.39, 0.29) is 59.2 Å². The Labute approximate surface area is 171 Å². The highest BCUT2D eigenvalue weighted by molar-refractivity contribution is 7.99. The lowest BCUT2D eigenvalue weighted by Crippen LogP contribution is -2.50. The van der Waals surface area contributed by atoms with Gasteiger partial charge in [0.2, 0.25) is 10.0 Å². The highest BCUT2D eigenvalue weighted by atomic mass is 32.2. The van der Waals surface area contributed by atoms with Crippen LogP contribution in [0.5, 0.6) is 5.75 Å². The van der Waals surface area contributed by atoms with Gasteiger partial charge in [0.1, 0.15) is 15.7 Å². The fourth-order valence-corrected chi connectivity index (χ4v) is 5.16. The molecular weight excluding hydrogens is 424 g/mol. The lowest BCUT2D eigenvalue weighted by Gasteiger charge is -2.34. The van der Waals surface area contributed by atoms with Gasteiger partial charge in [-0.3, -0.25) is 4.79 Å². The minimum absolute atomic E-state index is 0.0268. The number of hydrogen-bond donors (Lipinski definition) is 1. The Balaban J connectivity index is 1.74. The predicted octanol–water partition coefficient (Wildman–Crippen LogP) is 2.56. The number of phenols is 1. The number of halogens is 2. The molecule has 0 spiro atoms. The molecule has 11 heteroatoms. The van der Waals surface area contributed by atoms with Crippen molar-refractivity contribution >= 4 is 27.7 Å². The van der Waals surface area contributed by atoms with Crippen LogP contribution < -0.4 is 0 Å². The van der Waals surface area contributed by atoms with Crippen molar-refractivity contribution < 1.29 is 27.1 Å². The van der Waals surface area contributed by atoms with E-state index >= 15 is 0 Å². The summed E-state index contributed by atoms with van der Waals surface area (Å²) in [6, 6.07) is 7.24. The van der Waals surface area contributed by atoms with Crippen molar-refractivity contribution in [2.45, 2.75) is 22.6 Å². The van der Waals surface area contributed by atoms with E-state index in [2.05, 4.69) is 4.98 Å². The molecule has 0 saturated carbocycles. The lowest BCUT2D eigenvalue weighted by molar-refractivity contribution is 0.0693. The maximum Gasteiger partial charge on any atom is 0.290 e. The average molecular weight is 443 g/mol. The summed E-state index contributed by atoms with van der Waals surface area (Å²) in [5.41, 5.74) is 0.751. The number of rotatable bonds is 5. The molecule has 1 aliphatic rings. The summed E-state index contributed by atoms with van der Waals surface area (Å²) < 4.78 is 52.3. The van der Waals surface area contributed by atoms with Gasteiger partial charge in [0.15, 0.2) is 0 Å². The number of benzene rings is 1. The van der Waals surface area contributed by atoms with Crippen LogP contribution >= 0.6 is 11.8 Å². The third-order valence-corrected chi connectivity index (χ3v) is 7.12. The zero-order valence-corrected chi connectivity index (χ0v) is 17.1. The van der Waals surface area contributed by atoms with E-state index in [1.54, 1.807) is 13.0 Å². The summed E-state index contributed by atoms with van der Waals surface area (Å²) in [7, 11) is -3.92. The summed E-state index contributed by atoms with van der Waals surface area (Å²) in [5, 5.41) is 9.89. The minimum Gasteiger partial charge on any atom is -0.507 e.